The van der Waals surface area contributed by atoms with Gasteiger partial charge in [-0.15, -0.1) is 25.3 Å². The van der Waals surface area contributed by atoms with Gasteiger partial charge in [0, 0.05) is 0 Å². The van der Waals surface area contributed by atoms with E-state index in [1.165, 1.54) is 0 Å². The second kappa shape index (κ2) is 3.56. The van der Waals surface area contributed by atoms with Crippen molar-refractivity contribution < 1.29 is 19.5 Å². The van der Waals surface area contributed by atoms with Gasteiger partial charge in [0.2, 0.25) is 10.3 Å². The quantitative estimate of drug-likeness (QED) is 0.185. The monoisotopic (exact) mass is 193 g/mol. The number of carboxylic acids is 1. The first-order chi connectivity index (χ1) is 4.91. The summed E-state index contributed by atoms with van der Waals surface area (Å²) >= 11 is 6.81. The summed E-state index contributed by atoms with van der Waals surface area (Å²) in [6.45, 7) is 0. The Labute approximate surface area is 72.3 Å². The second-order valence-electron chi connectivity index (χ2n) is 1.47. The number of carboxylic acid groups (broad SMARTS) is 1. The average molecular weight is 193 g/mol. The lowest BCUT2D eigenvalue weighted by Gasteiger charge is -2.08. The van der Waals surface area contributed by atoms with Crippen molar-refractivity contribution in [1.82, 2.24) is 0 Å². The van der Waals surface area contributed by atoms with Crippen LogP contribution in [0.25, 0.3) is 0 Å². The molecule has 0 spiro atoms. The molecule has 0 aromatic carbocycles. The van der Waals surface area contributed by atoms with Crippen LogP contribution in [0.3, 0.4) is 0 Å². The van der Waals surface area contributed by atoms with Gasteiger partial charge in [0.05, 0.1) is 0 Å². The van der Waals surface area contributed by atoms with E-state index in [1.54, 1.807) is 0 Å². The minimum atomic E-state index is -2.12. The fourth-order valence-corrected chi connectivity index (χ4v) is 0.531. The highest BCUT2D eigenvalue weighted by atomic mass is 32.2. The molecule has 0 unspecified atom stereocenters. The highest BCUT2D eigenvalue weighted by Crippen LogP contribution is 2.21. The number of ketones is 1. The third-order valence-corrected chi connectivity index (χ3v) is 1.31. The number of thiol groups is 2. The molecule has 0 saturated carbocycles. The first-order valence-electron chi connectivity index (χ1n) is 2.23. The lowest BCUT2D eigenvalue weighted by atomic mass is 10.4. The van der Waals surface area contributed by atoms with Crippen molar-refractivity contribution in [1.29, 1.82) is 0 Å². The number of hydrogen-bond donors (Lipinski definition) is 3. The molecule has 0 aromatic rings. The van der Waals surface area contributed by atoms with E-state index < -0.39 is 16.0 Å². The zero-order valence-corrected chi connectivity index (χ0v) is 6.80. The van der Waals surface area contributed by atoms with Crippen LogP contribution >= 0.6 is 25.3 Å². The molecule has 5 nitrogen and oxygen atoms in total. The van der Waals surface area contributed by atoms with Gasteiger partial charge in [0.25, 0.3) is 5.78 Å². The van der Waals surface area contributed by atoms with Gasteiger partial charge in [0.15, 0.2) is 0 Å². The normalized spacial score (nSPS) is 10.0. The van der Waals surface area contributed by atoms with Crippen LogP contribution in [0.4, 0.5) is 0 Å². The Morgan fingerprint density at radius 2 is 1.91 bits per heavy atom. The lowest BCUT2D eigenvalue weighted by molar-refractivity contribution is -0.149. The van der Waals surface area contributed by atoms with E-state index >= 15 is 0 Å². The van der Waals surface area contributed by atoms with Crippen molar-refractivity contribution >= 4 is 43.1 Å². The summed E-state index contributed by atoms with van der Waals surface area (Å²) in [5.41, 5.74) is 0. The Morgan fingerprint density at radius 3 is 2.18 bits per heavy atom. The molecular weight excluding hydrogens is 190 g/mol. The molecule has 0 aromatic heterocycles. The Hall–Kier alpha value is -0.780. The summed E-state index contributed by atoms with van der Waals surface area (Å²) in [4.78, 5) is 32.9. The summed E-state index contributed by atoms with van der Waals surface area (Å²) in [6, 6.07) is 0. The summed E-state index contributed by atoms with van der Waals surface area (Å²) in [6.07, 6.45) is 0.982. The van der Waals surface area contributed by atoms with E-state index in [-0.39, 0.29) is 0 Å². The molecule has 1 N–H and O–H groups in total. The molecule has 0 aliphatic rings. The third kappa shape index (κ3) is 2.75. The molecule has 0 atom stereocenters. The van der Waals surface area contributed by atoms with Gasteiger partial charge in [-0.2, -0.15) is 4.99 Å². The van der Waals surface area contributed by atoms with Crippen molar-refractivity contribution in [3.05, 3.63) is 0 Å². The van der Waals surface area contributed by atoms with Crippen LogP contribution < -0.4 is 0 Å². The van der Waals surface area contributed by atoms with Crippen LogP contribution in [-0.2, 0) is 14.4 Å². The van der Waals surface area contributed by atoms with E-state index in [2.05, 4.69) is 30.2 Å². The number of isocyanates is 1. The molecular formula is C4H3NO4S2. The SMILES string of the molecule is O=C=NC(S)(S)C(=O)C(=O)O. The van der Waals surface area contributed by atoms with Crippen molar-refractivity contribution in [3.63, 3.8) is 0 Å². The maximum Gasteiger partial charge on any atom is 0.376 e. The molecule has 0 radical (unpaired) electrons. The van der Waals surface area contributed by atoms with Crippen LogP contribution in [-0.4, -0.2) is 27.1 Å². The number of Topliss-reactive ketones (excluding diaryl/α,β-unsaturated/α-hetero) is 1. The summed E-state index contributed by atoms with van der Waals surface area (Å²) in [5, 5.41) is 8.11. The summed E-state index contributed by atoms with van der Waals surface area (Å²) < 4.78 is -2.12. The van der Waals surface area contributed by atoms with Crippen molar-refractivity contribution in [3.8, 4) is 0 Å². The Kier molecular flexibility index (Phi) is 3.31. The molecule has 7 heteroatoms. The number of hydrogen-bond acceptors (Lipinski definition) is 6. The van der Waals surface area contributed by atoms with Gasteiger partial charge in [0.1, 0.15) is 0 Å². The topological polar surface area (TPSA) is 83.8 Å². The van der Waals surface area contributed by atoms with Crippen molar-refractivity contribution in [2.75, 3.05) is 0 Å². The smallest absolute Gasteiger partial charge is 0.376 e. The van der Waals surface area contributed by atoms with E-state index in [0.29, 0.717) is 0 Å². The lowest BCUT2D eigenvalue weighted by Crippen LogP contribution is -2.31. The number of aliphatic carboxylic acids is 1. The first kappa shape index (κ1) is 10.2. The molecule has 0 amide bonds. The Bertz CT molecular complexity index is 242. The molecule has 0 rings (SSSR count). The largest absolute Gasteiger partial charge is 0.475 e. The standard InChI is InChI=1S/C4H3NO4S2/c6-1-5-4(10,11)2(7)3(8)9/h10-11H,(H,8,9). The van der Waals surface area contributed by atoms with E-state index in [1.807, 2.05) is 0 Å². The van der Waals surface area contributed by atoms with E-state index in [4.69, 9.17) is 5.11 Å². The molecule has 0 fully saturated rings. The summed E-state index contributed by atoms with van der Waals surface area (Å²) in [5.74, 6) is -3.15. The van der Waals surface area contributed by atoms with Crippen molar-refractivity contribution in [2.24, 2.45) is 4.99 Å². The van der Waals surface area contributed by atoms with Crippen LogP contribution in [0.15, 0.2) is 4.99 Å². The zero-order valence-electron chi connectivity index (χ0n) is 5.01. The zero-order chi connectivity index (χ0) is 9.07. The van der Waals surface area contributed by atoms with Crippen LogP contribution in [0.1, 0.15) is 0 Å². The average Bonchev–Trinajstić information content (AvgIpc) is 1.86. The molecule has 0 saturated heterocycles. The number of carbonyl (C=O) groups is 2. The number of nitrogens with zero attached hydrogens (tertiary/aromatic N) is 1. The second-order valence-corrected chi connectivity index (χ2v) is 3.12. The minimum Gasteiger partial charge on any atom is -0.475 e. The third-order valence-electron chi connectivity index (χ3n) is 0.700. The predicted octanol–water partition coefficient (Wildman–Crippen LogP) is -0.511. The van der Waals surface area contributed by atoms with Gasteiger partial charge in [-0.3, -0.25) is 4.79 Å². The molecule has 0 aliphatic heterocycles. The predicted molar refractivity (Wildman–Crippen MR) is 41.5 cm³/mol. The summed E-state index contributed by atoms with van der Waals surface area (Å²) in [7, 11) is 0. The maximum absolute atomic E-state index is 10.5. The van der Waals surface area contributed by atoms with Gasteiger partial charge < -0.3 is 5.11 Å². The van der Waals surface area contributed by atoms with Crippen LogP contribution in [0.5, 0.6) is 0 Å². The fraction of sp³-hybridized carbons (Fsp3) is 0.250. The van der Waals surface area contributed by atoms with Gasteiger partial charge >= 0.3 is 5.97 Å². The van der Waals surface area contributed by atoms with Gasteiger partial charge in [-0.25, -0.2) is 9.59 Å². The molecule has 0 heterocycles. The van der Waals surface area contributed by atoms with E-state index in [9.17, 15) is 14.4 Å². The van der Waals surface area contributed by atoms with Crippen molar-refractivity contribution in [2.45, 2.75) is 4.20 Å². The molecule has 0 bridgehead atoms. The molecule has 60 valence electrons. The van der Waals surface area contributed by atoms with E-state index in [0.717, 1.165) is 6.08 Å². The van der Waals surface area contributed by atoms with Gasteiger partial charge in [-0.1, -0.05) is 0 Å². The highest BCUT2D eigenvalue weighted by molar-refractivity contribution is 8.02. The Balaban J connectivity index is 4.69. The number of aliphatic imine (C=N–C) groups is 1. The molecule has 0 aliphatic carbocycles. The first-order valence-corrected chi connectivity index (χ1v) is 3.12. The highest BCUT2D eigenvalue weighted by Gasteiger charge is 2.35. The molecule has 11 heavy (non-hydrogen) atoms. The van der Waals surface area contributed by atoms with Gasteiger partial charge in [-0.05, 0) is 0 Å². The minimum absolute atomic E-state index is 0.982. The van der Waals surface area contributed by atoms with Crippen LogP contribution in [0.2, 0.25) is 0 Å². The number of carbonyl (C=O) groups excluding carboxylic acids is 2. The fourth-order valence-electron chi connectivity index (χ4n) is 0.258. The Morgan fingerprint density at radius 1 is 1.45 bits per heavy atom. The van der Waals surface area contributed by atoms with Crippen LogP contribution in [0, 0.1) is 0 Å². The maximum atomic E-state index is 10.5. The number of rotatable bonds is 3.